The molecule has 3 aromatic rings. The Hall–Kier alpha value is -3.21. The number of hydrogen-bond donors (Lipinski definition) is 1. The van der Waals surface area contributed by atoms with Gasteiger partial charge in [0.05, 0.1) is 11.4 Å². The molecular weight excluding hydrogens is 322 g/mol. The first-order valence-corrected chi connectivity index (χ1v) is 8.74. The Kier molecular flexibility index (Phi) is 4.13. The van der Waals surface area contributed by atoms with Crippen LogP contribution in [0.2, 0.25) is 0 Å². The number of aromatic nitrogens is 2. The van der Waals surface area contributed by atoms with Crippen LogP contribution in [0.1, 0.15) is 22.5 Å². The molecule has 0 atom stereocenters. The molecule has 2 N–H and O–H groups in total. The van der Waals surface area contributed by atoms with Crippen molar-refractivity contribution in [1.82, 2.24) is 9.97 Å². The van der Waals surface area contributed by atoms with Crippen LogP contribution in [0.15, 0.2) is 59.6 Å². The average Bonchev–Trinajstić information content (AvgIpc) is 2.77. The summed E-state index contributed by atoms with van der Waals surface area (Å²) in [4.78, 5) is 15.4. The summed E-state index contributed by atoms with van der Waals surface area (Å²) >= 11 is 0. The largest absolute Gasteiger partial charge is 0.369 e. The Bertz CT molecular complexity index is 925. The highest BCUT2D eigenvalue weighted by molar-refractivity contribution is 6.04. The number of nitrogens with two attached hydrogens (primary N) is 1. The number of nitrogens with zero attached hydrogens (tertiary/aromatic N) is 4. The van der Waals surface area contributed by atoms with Crippen LogP contribution in [0.4, 0.5) is 17.3 Å². The van der Waals surface area contributed by atoms with Gasteiger partial charge in [-0.3, -0.25) is 4.90 Å². The van der Waals surface area contributed by atoms with Gasteiger partial charge in [0.2, 0.25) is 5.96 Å². The second kappa shape index (κ2) is 6.59. The predicted molar refractivity (Wildman–Crippen MR) is 105 cm³/mol. The first kappa shape index (κ1) is 16.3. The van der Waals surface area contributed by atoms with Crippen molar-refractivity contribution < 1.29 is 0 Å². The molecule has 1 aromatic heterocycles. The minimum absolute atomic E-state index is 0.372. The minimum Gasteiger partial charge on any atom is -0.369 e. The molecule has 4 rings (SSSR count). The Morgan fingerprint density at radius 3 is 1.92 bits per heavy atom. The van der Waals surface area contributed by atoms with Gasteiger partial charge < -0.3 is 5.73 Å². The SMILES string of the molecule is Cc1cc(C)nc(/N=C(\N)N2c3ccccc3CCc3ccccc32)n1. The van der Waals surface area contributed by atoms with Crippen LogP contribution in [-0.4, -0.2) is 15.9 Å². The zero-order valence-corrected chi connectivity index (χ0v) is 15.0. The fourth-order valence-corrected chi connectivity index (χ4v) is 3.44. The number of guanidine groups is 1. The fourth-order valence-electron chi connectivity index (χ4n) is 3.44. The molecule has 0 aliphatic carbocycles. The smallest absolute Gasteiger partial charge is 0.253 e. The third-order valence-corrected chi connectivity index (χ3v) is 4.54. The van der Waals surface area contributed by atoms with Gasteiger partial charge in [0.25, 0.3) is 5.95 Å². The molecule has 0 spiro atoms. The van der Waals surface area contributed by atoms with E-state index in [4.69, 9.17) is 5.73 Å². The zero-order valence-electron chi connectivity index (χ0n) is 15.0. The van der Waals surface area contributed by atoms with Gasteiger partial charge in [0, 0.05) is 11.4 Å². The van der Waals surface area contributed by atoms with Crippen molar-refractivity contribution in [2.45, 2.75) is 26.7 Å². The lowest BCUT2D eigenvalue weighted by atomic mass is 10.0. The summed E-state index contributed by atoms with van der Waals surface area (Å²) in [7, 11) is 0. The van der Waals surface area contributed by atoms with Gasteiger partial charge in [-0.05, 0) is 56.0 Å². The van der Waals surface area contributed by atoms with E-state index in [0.717, 1.165) is 35.6 Å². The van der Waals surface area contributed by atoms with Crippen LogP contribution < -0.4 is 10.6 Å². The molecule has 2 aromatic carbocycles. The van der Waals surface area contributed by atoms with Gasteiger partial charge in [-0.25, -0.2) is 9.97 Å². The molecule has 5 nitrogen and oxygen atoms in total. The van der Waals surface area contributed by atoms with Gasteiger partial charge >= 0.3 is 0 Å². The quantitative estimate of drug-likeness (QED) is 0.536. The number of aliphatic imine (C=N–C) groups is 1. The highest BCUT2D eigenvalue weighted by atomic mass is 15.3. The molecule has 0 unspecified atom stereocenters. The van der Waals surface area contributed by atoms with E-state index in [2.05, 4.69) is 51.4 Å². The highest BCUT2D eigenvalue weighted by Crippen LogP contribution is 2.35. The molecule has 0 saturated heterocycles. The van der Waals surface area contributed by atoms with Crippen LogP contribution >= 0.6 is 0 Å². The third-order valence-electron chi connectivity index (χ3n) is 4.54. The molecule has 2 heterocycles. The van der Waals surface area contributed by atoms with Crippen molar-refractivity contribution in [1.29, 1.82) is 0 Å². The van der Waals surface area contributed by atoms with Gasteiger partial charge in [0.15, 0.2) is 0 Å². The lowest BCUT2D eigenvalue weighted by Gasteiger charge is -2.25. The number of para-hydroxylation sites is 2. The number of anilines is 2. The molecular formula is C21H21N5. The molecule has 5 heteroatoms. The molecule has 0 radical (unpaired) electrons. The lowest BCUT2D eigenvalue weighted by Crippen LogP contribution is -2.34. The van der Waals surface area contributed by atoms with E-state index in [-0.39, 0.29) is 0 Å². The average molecular weight is 343 g/mol. The van der Waals surface area contributed by atoms with Crippen LogP contribution in [-0.2, 0) is 12.8 Å². The summed E-state index contributed by atoms with van der Waals surface area (Å²) in [6.07, 6.45) is 1.94. The van der Waals surface area contributed by atoms with E-state index >= 15 is 0 Å². The Labute approximate surface area is 153 Å². The first-order valence-electron chi connectivity index (χ1n) is 8.74. The van der Waals surface area contributed by atoms with E-state index in [9.17, 15) is 0 Å². The van der Waals surface area contributed by atoms with E-state index in [1.54, 1.807) is 0 Å². The van der Waals surface area contributed by atoms with Crippen LogP contribution in [0.25, 0.3) is 0 Å². The molecule has 130 valence electrons. The van der Waals surface area contributed by atoms with Crippen molar-refractivity contribution in [2.75, 3.05) is 4.90 Å². The number of benzene rings is 2. The molecule has 0 fully saturated rings. The van der Waals surface area contributed by atoms with Crippen LogP contribution in [0, 0.1) is 13.8 Å². The number of fused-ring (bicyclic) bond motifs is 2. The van der Waals surface area contributed by atoms with E-state index in [0.29, 0.717) is 11.9 Å². The maximum Gasteiger partial charge on any atom is 0.253 e. The number of rotatable bonds is 1. The molecule has 0 saturated carbocycles. The molecule has 1 aliphatic rings. The first-order chi connectivity index (χ1) is 12.6. The standard InChI is InChI=1S/C21H21N5/c1-14-13-15(2)24-21(23-14)25-20(22)26-18-9-5-3-7-16(18)11-12-17-8-4-6-10-19(17)26/h3-10,13H,11-12H2,1-2H3,(H2,22,23,24,25). The lowest BCUT2D eigenvalue weighted by molar-refractivity contribution is 0.977. The molecule has 0 amide bonds. The van der Waals surface area contributed by atoms with Crippen molar-refractivity contribution >= 4 is 23.3 Å². The van der Waals surface area contributed by atoms with Gasteiger partial charge in [-0.2, -0.15) is 4.99 Å². The van der Waals surface area contributed by atoms with Gasteiger partial charge in [-0.15, -0.1) is 0 Å². The zero-order chi connectivity index (χ0) is 18.1. The molecule has 1 aliphatic heterocycles. The second-order valence-corrected chi connectivity index (χ2v) is 6.51. The van der Waals surface area contributed by atoms with Crippen molar-refractivity contribution in [3.8, 4) is 0 Å². The minimum atomic E-state index is 0.372. The predicted octanol–water partition coefficient (Wildman–Crippen LogP) is 3.98. The summed E-state index contributed by atoms with van der Waals surface area (Å²) in [5.74, 6) is 0.760. The van der Waals surface area contributed by atoms with E-state index in [1.807, 2.05) is 36.9 Å². The van der Waals surface area contributed by atoms with Crippen molar-refractivity contribution in [3.05, 3.63) is 77.1 Å². The van der Waals surface area contributed by atoms with Crippen LogP contribution in [0.5, 0.6) is 0 Å². The maximum absolute atomic E-state index is 6.48. The van der Waals surface area contributed by atoms with E-state index < -0.39 is 0 Å². The highest BCUT2D eigenvalue weighted by Gasteiger charge is 2.23. The monoisotopic (exact) mass is 343 g/mol. The summed E-state index contributed by atoms with van der Waals surface area (Å²) < 4.78 is 0. The Morgan fingerprint density at radius 2 is 1.38 bits per heavy atom. The Balaban J connectivity index is 1.88. The maximum atomic E-state index is 6.48. The second-order valence-electron chi connectivity index (χ2n) is 6.51. The number of hydrogen-bond acceptors (Lipinski definition) is 3. The summed E-state index contributed by atoms with van der Waals surface area (Å²) in [5.41, 5.74) is 12.8. The van der Waals surface area contributed by atoms with Gasteiger partial charge in [-0.1, -0.05) is 36.4 Å². The molecule has 26 heavy (non-hydrogen) atoms. The molecule has 0 bridgehead atoms. The summed E-state index contributed by atoms with van der Waals surface area (Å²) in [6.45, 7) is 3.86. The van der Waals surface area contributed by atoms with Crippen LogP contribution in [0.3, 0.4) is 0 Å². The van der Waals surface area contributed by atoms with E-state index in [1.165, 1.54) is 11.1 Å². The Morgan fingerprint density at radius 1 is 0.885 bits per heavy atom. The third kappa shape index (κ3) is 3.04. The summed E-state index contributed by atoms with van der Waals surface area (Å²) in [5, 5.41) is 0. The topological polar surface area (TPSA) is 67.4 Å². The van der Waals surface area contributed by atoms with Crippen molar-refractivity contribution in [3.63, 3.8) is 0 Å². The fraction of sp³-hybridized carbons (Fsp3) is 0.190. The van der Waals surface area contributed by atoms with Crippen molar-refractivity contribution in [2.24, 2.45) is 10.7 Å². The summed E-state index contributed by atoms with van der Waals surface area (Å²) in [6, 6.07) is 18.6. The van der Waals surface area contributed by atoms with Gasteiger partial charge in [0.1, 0.15) is 0 Å². The number of aryl methyl sites for hydroxylation is 4. The normalized spacial score (nSPS) is 13.8.